The number of hydrogen-bond acceptors (Lipinski definition) is 4. The van der Waals surface area contributed by atoms with Crippen LogP contribution in [-0.2, 0) is 11.3 Å². The van der Waals surface area contributed by atoms with Crippen molar-refractivity contribution in [1.29, 1.82) is 0 Å². The van der Waals surface area contributed by atoms with Crippen molar-refractivity contribution in [3.63, 3.8) is 0 Å². The Bertz CT molecular complexity index is 524. The Morgan fingerprint density at radius 3 is 2.61 bits per heavy atom. The number of carbonyl (C=O) groups is 1. The molecule has 1 aromatic heterocycles. The average Bonchev–Trinajstić information content (AvgIpc) is 3.40. The molecule has 23 heavy (non-hydrogen) atoms. The molecule has 0 N–H and O–H groups in total. The highest BCUT2D eigenvalue weighted by Gasteiger charge is 2.30. The van der Waals surface area contributed by atoms with E-state index in [-0.39, 0.29) is 5.91 Å². The summed E-state index contributed by atoms with van der Waals surface area (Å²) in [7, 11) is 0. The highest BCUT2D eigenvalue weighted by atomic mass is 35.5. The number of likely N-dealkylation sites (N-methyl/N-ethyl adjacent to an activating group) is 1. The van der Waals surface area contributed by atoms with Gasteiger partial charge in [0.1, 0.15) is 0 Å². The van der Waals surface area contributed by atoms with Crippen molar-refractivity contribution in [1.82, 2.24) is 19.7 Å². The molecule has 0 atom stereocenters. The first kappa shape index (κ1) is 16.7. The van der Waals surface area contributed by atoms with Crippen LogP contribution in [0.25, 0.3) is 0 Å². The SMILES string of the molecule is CCN(CC(=O)N1CCN(Cc2ccc(Cl)cn2)CC1)C1CC1. The topological polar surface area (TPSA) is 39.7 Å². The number of rotatable bonds is 6. The Labute approximate surface area is 143 Å². The van der Waals surface area contributed by atoms with Gasteiger partial charge >= 0.3 is 0 Å². The molecule has 1 aromatic rings. The first-order valence-electron chi connectivity index (χ1n) is 8.50. The van der Waals surface area contributed by atoms with Crippen molar-refractivity contribution in [3.8, 4) is 0 Å². The standard InChI is InChI=1S/C17H25ClN4O/c1-2-21(16-5-6-16)13-17(23)22-9-7-20(8-10-22)12-15-4-3-14(18)11-19-15/h3-4,11,16H,2,5-10,12-13H2,1H3. The average molecular weight is 337 g/mol. The molecule has 1 amide bonds. The van der Waals surface area contributed by atoms with E-state index in [2.05, 4.69) is 21.7 Å². The van der Waals surface area contributed by atoms with Crippen LogP contribution in [0.1, 0.15) is 25.5 Å². The third kappa shape index (κ3) is 4.66. The minimum atomic E-state index is 0.281. The molecular weight excluding hydrogens is 312 g/mol. The molecule has 2 aliphatic rings. The molecule has 1 aliphatic heterocycles. The summed E-state index contributed by atoms with van der Waals surface area (Å²) in [5, 5.41) is 0.667. The van der Waals surface area contributed by atoms with Gasteiger partial charge in [-0.1, -0.05) is 18.5 Å². The van der Waals surface area contributed by atoms with Gasteiger partial charge in [-0.3, -0.25) is 19.6 Å². The molecule has 0 bridgehead atoms. The zero-order chi connectivity index (χ0) is 16.2. The van der Waals surface area contributed by atoms with E-state index < -0.39 is 0 Å². The fourth-order valence-corrected chi connectivity index (χ4v) is 3.21. The molecule has 6 heteroatoms. The second kappa shape index (κ2) is 7.60. The summed E-state index contributed by atoms with van der Waals surface area (Å²) >= 11 is 5.86. The highest BCUT2D eigenvalue weighted by Crippen LogP contribution is 2.26. The van der Waals surface area contributed by atoms with Crippen molar-refractivity contribution in [2.24, 2.45) is 0 Å². The summed E-state index contributed by atoms with van der Waals surface area (Å²) < 4.78 is 0. The normalized spacial score (nSPS) is 19.3. The summed E-state index contributed by atoms with van der Waals surface area (Å²) in [5.74, 6) is 0.281. The van der Waals surface area contributed by atoms with Crippen LogP contribution in [0.3, 0.4) is 0 Å². The number of pyridine rings is 1. The zero-order valence-electron chi connectivity index (χ0n) is 13.7. The lowest BCUT2D eigenvalue weighted by Crippen LogP contribution is -2.51. The van der Waals surface area contributed by atoms with Crippen molar-refractivity contribution < 1.29 is 4.79 Å². The Morgan fingerprint density at radius 1 is 1.30 bits per heavy atom. The van der Waals surface area contributed by atoms with Crippen LogP contribution in [0.15, 0.2) is 18.3 Å². The van der Waals surface area contributed by atoms with Gasteiger partial charge in [-0.05, 0) is 31.5 Å². The van der Waals surface area contributed by atoms with Crippen LogP contribution < -0.4 is 0 Å². The monoisotopic (exact) mass is 336 g/mol. The zero-order valence-corrected chi connectivity index (χ0v) is 14.5. The minimum Gasteiger partial charge on any atom is -0.339 e. The molecule has 1 saturated heterocycles. The molecule has 0 spiro atoms. The molecule has 1 aliphatic carbocycles. The maximum Gasteiger partial charge on any atom is 0.236 e. The van der Waals surface area contributed by atoms with E-state index in [4.69, 9.17) is 11.6 Å². The number of halogens is 1. The van der Waals surface area contributed by atoms with Gasteiger partial charge in [0.15, 0.2) is 0 Å². The van der Waals surface area contributed by atoms with Crippen molar-refractivity contribution in [3.05, 3.63) is 29.0 Å². The van der Waals surface area contributed by atoms with E-state index in [9.17, 15) is 4.79 Å². The van der Waals surface area contributed by atoms with E-state index in [1.165, 1.54) is 12.8 Å². The molecule has 0 radical (unpaired) electrons. The van der Waals surface area contributed by atoms with Gasteiger partial charge in [-0.25, -0.2) is 0 Å². The van der Waals surface area contributed by atoms with Crippen LogP contribution in [-0.4, -0.2) is 70.9 Å². The van der Waals surface area contributed by atoms with Crippen molar-refractivity contribution >= 4 is 17.5 Å². The fraction of sp³-hybridized carbons (Fsp3) is 0.647. The van der Waals surface area contributed by atoms with E-state index in [1.54, 1.807) is 6.20 Å². The Morgan fingerprint density at radius 2 is 2.04 bits per heavy atom. The van der Waals surface area contributed by atoms with Gasteiger partial charge in [0.25, 0.3) is 0 Å². The summed E-state index contributed by atoms with van der Waals surface area (Å²) in [5.41, 5.74) is 1.03. The Hall–Kier alpha value is -1.17. The van der Waals surface area contributed by atoms with Crippen molar-refractivity contribution in [2.45, 2.75) is 32.4 Å². The van der Waals surface area contributed by atoms with Crippen LogP contribution in [0.2, 0.25) is 5.02 Å². The largest absolute Gasteiger partial charge is 0.339 e. The second-order valence-corrected chi connectivity index (χ2v) is 6.86. The van der Waals surface area contributed by atoms with Gasteiger partial charge in [-0.2, -0.15) is 0 Å². The smallest absolute Gasteiger partial charge is 0.236 e. The lowest BCUT2D eigenvalue weighted by Gasteiger charge is -2.35. The minimum absolute atomic E-state index is 0.281. The van der Waals surface area contributed by atoms with Gasteiger partial charge in [0.05, 0.1) is 17.3 Å². The summed E-state index contributed by atoms with van der Waals surface area (Å²) in [6, 6.07) is 4.50. The number of carbonyl (C=O) groups excluding carboxylic acids is 1. The Kier molecular flexibility index (Phi) is 5.51. The van der Waals surface area contributed by atoms with Crippen LogP contribution in [0.5, 0.6) is 0 Å². The number of piperazine rings is 1. The predicted octanol–water partition coefficient (Wildman–Crippen LogP) is 1.86. The number of hydrogen-bond donors (Lipinski definition) is 0. The van der Waals surface area contributed by atoms with Gasteiger partial charge < -0.3 is 4.90 Å². The molecule has 126 valence electrons. The summed E-state index contributed by atoms with van der Waals surface area (Å²) in [4.78, 5) is 23.5. The lowest BCUT2D eigenvalue weighted by atomic mass is 10.2. The fourth-order valence-electron chi connectivity index (χ4n) is 3.10. The molecule has 0 aromatic carbocycles. The predicted molar refractivity (Wildman–Crippen MR) is 91.4 cm³/mol. The van der Waals surface area contributed by atoms with E-state index >= 15 is 0 Å². The van der Waals surface area contributed by atoms with E-state index in [0.717, 1.165) is 45.0 Å². The number of amides is 1. The Balaban J connectivity index is 1.44. The summed E-state index contributed by atoms with van der Waals surface area (Å²) in [6.45, 7) is 7.96. The molecule has 1 saturated carbocycles. The summed E-state index contributed by atoms with van der Waals surface area (Å²) in [6.07, 6.45) is 4.19. The molecular formula is C17H25ClN4O. The lowest BCUT2D eigenvalue weighted by molar-refractivity contribution is -0.134. The highest BCUT2D eigenvalue weighted by molar-refractivity contribution is 6.30. The molecule has 2 fully saturated rings. The van der Waals surface area contributed by atoms with Gasteiger partial charge in [0.2, 0.25) is 5.91 Å². The van der Waals surface area contributed by atoms with Gasteiger partial charge in [0, 0.05) is 45.0 Å². The van der Waals surface area contributed by atoms with Crippen LogP contribution in [0.4, 0.5) is 0 Å². The molecule has 5 nitrogen and oxygen atoms in total. The van der Waals surface area contributed by atoms with Gasteiger partial charge in [-0.15, -0.1) is 0 Å². The maximum absolute atomic E-state index is 12.4. The molecule has 3 rings (SSSR count). The van der Waals surface area contributed by atoms with Crippen LogP contribution in [0, 0.1) is 0 Å². The quantitative estimate of drug-likeness (QED) is 0.795. The first-order valence-corrected chi connectivity index (χ1v) is 8.88. The number of aromatic nitrogens is 1. The van der Waals surface area contributed by atoms with Crippen molar-refractivity contribution in [2.75, 3.05) is 39.3 Å². The second-order valence-electron chi connectivity index (χ2n) is 6.42. The molecule has 0 unspecified atom stereocenters. The van der Waals surface area contributed by atoms with E-state index in [0.29, 0.717) is 17.6 Å². The first-order chi connectivity index (χ1) is 11.2. The van der Waals surface area contributed by atoms with Crippen LogP contribution >= 0.6 is 11.6 Å². The number of nitrogens with zero attached hydrogens (tertiary/aromatic N) is 4. The van der Waals surface area contributed by atoms with E-state index in [1.807, 2.05) is 17.0 Å². The third-order valence-electron chi connectivity index (χ3n) is 4.71. The maximum atomic E-state index is 12.4. The third-order valence-corrected chi connectivity index (χ3v) is 4.93. The molecule has 2 heterocycles.